The van der Waals surface area contributed by atoms with Crippen LogP contribution in [-0.4, -0.2) is 40.4 Å². The van der Waals surface area contributed by atoms with Gasteiger partial charge >= 0.3 is 6.03 Å². The van der Waals surface area contributed by atoms with Gasteiger partial charge in [-0.1, -0.05) is 33.6 Å². The predicted molar refractivity (Wildman–Crippen MR) is 70.1 cm³/mol. The van der Waals surface area contributed by atoms with E-state index in [1.54, 1.807) is 4.90 Å². The number of amides is 3. The van der Waals surface area contributed by atoms with Crippen molar-refractivity contribution in [3.8, 4) is 0 Å². The van der Waals surface area contributed by atoms with E-state index in [0.29, 0.717) is 0 Å². The zero-order valence-corrected chi connectivity index (χ0v) is 11.9. The van der Waals surface area contributed by atoms with Gasteiger partial charge < -0.3 is 4.90 Å². The molecule has 2 aliphatic heterocycles. The number of rotatable bonds is 1. The van der Waals surface area contributed by atoms with Gasteiger partial charge in [0, 0.05) is 12.6 Å². The van der Waals surface area contributed by atoms with E-state index in [2.05, 4.69) is 20.8 Å². The molecule has 0 unspecified atom stereocenters. The number of carbonyl (C=O) groups is 2. The molecule has 0 bridgehead atoms. The summed E-state index contributed by atoms with van der Waals surface area (Å²) in [5, 5.41) is 0. The molecular weight excluding hydrogens is 228 g/mol. The summed E-state index contributed by atoms with van der Waals surface area (Å²) < 4.78 is 0. The molecule has 3 amide bonds. The molecule has 0 N–H and O–H groups in total. The standard InChI is InChI=1S/C14H24N2O2/c1-10(14(2,3)4)16-12(17)11-8-6-5-7-9-15(11)13(16)18/h10-11H,5-9H2,1-4H3/t10-,11-/m1/s1. The average Bonchev–Trinajstić information content (AvgIpc) is 2.48. The largest absolute Gasteiger partial charge is 0.327 e. The Balaban J connectivity index is 2.24. The first-order valence-electron chi connectivity index (χ1n) is 6.97. The molecule has 0 saturated carbocycles. The molecule has 2 saturated heterocycles. The molecule has 4 nitrogen and oxygen atoms in total. The normalized spacial score (nSPS) is 27.2. The Kier molecular flexibility index (Phi) is 3.39. The SMILES string of the molecule is C[C@@H](N1C(=O)[C@H]2CCCCCN2C1=O)C(C)(C)C. The van der Waals surface area contributed by atoms with Gasteiger partial charge in [0.2, 0.25) is 0 Å². The Morgan fingerprint density at radius 2 is 1.83 bits per heavy atom. The average molecular weight is 252 g/mol. The first-order chi connectivity index (χ1) is 8.34. The first kappa shape index (κ1) is 13.4. The molecule has 0 aliphatic carbocycles. The Morgan fingerprint density at radius 3 is 2.44 bits per heavy atom. The van der Waals surface area contributed by atoms with Gasteiger partial charge in [-0.05, 0) is 25.2 Å². The number of fused-ring (bicyclic) bond motifs is 1. The number of nitrogens with zero attached hydrogens (tertiary/aromatic N) is 2. The minimum atomic E-state index is -0.190. The Labute approximate surface area is 109 Å². The van der Waals surface area contributed by atoms with E-state index in [0.717, 1.165) is 32.2 Å². The van der Waals surface area contributed by atoms with Crippen LogP contribution in [0.25, 0.3) is 0 Å². The van der Waals surface area contributed by atoms with Gasteiger partial charge in [-0.25, -0.2) is 4.79 Å². The van der Waals surface area contributed by atoms with Gasteiger partial charge in [-0.15, -0.1) is 0 Å². The van der Waals surface area contributed by atoms with Crippen LogP contribution in [0, 0.1) is 5.41 Å². The molecule has 0 spiro atoms. The molecule has 0 aromatic rings. The fraction of sp³-hybridized carbons (Fsp3) is 0.857. The monoisotopic (exact) mass is 252 g/mol. The zero-order chi connectivity index (χ0) is 13.5. The molecule has 2 atom stereocenters. The van der Waals surface area contributed by atoms with Gasteiger partial charge in [0.15, 0.2) is 0 Å². The lowest BCUT2D eigenvalue weighted by atomic mass is 9.87. The van der Waals surface area contributed by atoms with Crippen LogP contribution in [0.15, 0.2) is 0 Å². The Morgan fingerprint density at radius 1 is 1.17 bits per heavy atom. The summed E-state index contributed by atoms with van der Waals surface area (Å²) in [7, 11) is 0. The van der Waals surface area contributed by atoms with Gasteiger partial charge in [0.1, 0.15) is 6.04 Å². The maximum Gasteiger partial charge on any atom is 0.327 e. The van der Waals surface area contributed by atoms with Crippen molar-refractivity contribution in [3.05, 3.63) is 0 Å². The van der Waals surface area contributed by atoms with Gasteiger partial charge in [-0.2, -0.15) is 0 Å². The highest BCUT2D eigenvalue weighted by atomic mass is 16.2. The third-order valence-electron chi connectivity index (χ3n) is 4.37. The minimum Gasteiger partial charge on any atom is -0.312 e. The smallest absolute Gasteiger partial charge is 0.312 e. The fourth-order valence-electron chi connectivity index (χ4n) is 2.73. The van der Waals surface area contributed by atoms with Crippen molar-refractivity contribution in [1.82, 2.24) is 9.80 Å². The van der Waals surface area contributed by atoms with Crippen molar-refractivity contribution < 1.29 is 9.59 Å². The highest BCUT2D eigenvalue weighted by Gasteiger charge is 2.48. The second-order valence-electron chi connectivity index (χ2n) is 6.59. The Hall–Kier alpha value is -1.06. The number of urea groups is 1. The van der Waals surface area contributed by atoms with Crippen molar-refractivity contribution >= 4 is 11.9 Å². The number of imide groups is 1. The second kappa shape index (κ2) is 4.56. The molecule has 4 heteroatoms. The first-order valence-corrected chi connectivity index (χ1v) is 6.97. The van der Waals surface area contributed by atoms with E-state index in [4.69, 9.17) is 0 Å². The van der Waals surface area contributed by atoms with Crippen molar-refractivity contribution in [3.63, 3.8) is 0 Å². The summed E-state index contributed by atoms with van der Waals surface area (Å²) in [6.07, 6.45) is 4.03. The van der Waals surface area contributed by atoms with E-state index >= 15 is 0 Å². The number of carbonyl (C=O) groups excluding carboxylic acids is 2. The Bertz CT molecular complexity index is 335. The van der Waals surface area contributed by atoms with Gasteiger partial charge in [-0.3, -0.25) is 9.69 Å². The molecule has 2 rings (SSSR count). The van der Waals surface area contributed by atoms with Crippen LogP contribution >= 0.6 is 0 Å². The number of hydrogen-bond acceptors (Lipinski definition) is 2. The molecule has 2 heterocycles. The summed E-state index contributed by atoms with van der Waals surface area (Å²) in [4.78, 5) is 28.2. The maximum atomic E-state index is 12.5. The lowest BCUT2D eigenvalue weighted by molar-refractivity contribution is -0.131. The molecule has 0 aromatic carbocycles. The third-order valence-corrected chi connectivity index (χ3v) is 4.37. The van der Waals surface area contributed by atoms with Gasteiger partial charge in [0.25, 0.3) is 5.91 Å². The molecule has 102 valence electrons. The van der Waals surface area contributed by atoms with Crippen molar-refractivity contribution in [2.45, 2.75) is 65.5 Å². The molecule has 0 radical (unpaired) electrons. The van der Waals surface area contributed by atoms with E-state index in [9.17, 15) is 9.59 Å². The zero-order valence-electron chi connectivity index (χ0n) is 11.9. The molecule has 2 aliphatic rings. The summed E-state index contributed by atoms with van der Waals surface area (Å²) in [5.41, 5.74) is -0.0734. The predicted octanol–water partition coefficient (Wildman–Crippen LogP) is 2.63. The van der Waals surface area contributed by atoms with Crippen LogP contribution in [0.5, 0.6) is 0 Å². The van der Waals surface area contributed by atoms with E-state index in [1.165, 1.54) is 4.90 Å². The van der Waals surface area contributed by atoms with E-state index in [-0.39, 0.29) is 29.4 Å². The summed E-state index contributed by atoms with van der Waals surface area (Å²) >= 11 is 0. The van der Waals surface area contributed by atoms with Crippen LogP contribution in [0.1, 0.15) is 53.4 Å². The van der Waals surface area contributed by atoms with E-state index < -0.39 is 0 Å². The second-order valence-corrected chi connectivity index (χ2v) is 6.59. The van der Waals surface area contributed by atoms with E-state index in [1.807, 2.05) is 6.92 Å². The van der Waals surface area contributed by atoms with Crippen LogP contribution < -0.4 is 0 Å². The summed E-state index contributed by atoms with van der Waals surface area (Å²) in [5.74, 6) is 0.0179. The minimum absolute atomic E-state index is 0.0179. The van der Waals surface area contributed by atoms with Crippen LogP contribution in [0.2, 0.25) is 0 Å². The van der Waals surface area contributed by atoms with Gasteiger partial charge in [0.05, 0.1) is 0 Å². The topological polar surface area (TPSA) is 40.6 Å². The maximum absolute atomic E-state index is 12.5. The molecule has 0 aromatic heterocycles. The van der Waals surface area contributed by atoms with Crippen molar-refractivity contribution in [2.24, 2.45) is 5.41 Å². The lowest BCUT2D eigenvalue weighted by Gasteiger charge is -2.33. The summed E-state index contributed by atoms with van der Waals surface area (Å²) in [6.45, 7) is 8.93. The third kappa shape index (κ3) is 2.13. The van der Waals surface area contributed by atoms with Crippen molar-refractivity contribution in [1.29, 1.82) is 0 Å². The molecule has 2 fully saturated rings. The van der Waals surface area contributed by atoms with Crippen LogP contribution in [0.4, 0.5) is 4.79 Å². The highest BCUT2D eigenvalue weighted by Crippen LogP contribution is 2.32. The van der Waals surface area contributed by atoms with Crippen LogP contribution in [-0.2, 0) is 4.79 Å². The van der Waals surface area contributed by atoms with Crippen molar-refractivity contribution in [2.75, 3.05) is 6.54 Å². The molecule has 18 heavy (non-hydrogen) atoms. The lowest BCUT2D eigenvalue weighted by Crippen LogP contribution is -2.46. The van der Waals surface area contributed by atoms with Crippen LogP contribution in [0.3, 0.4) is 0 Å². The highest BCUT2D eigenvalue weighted by molar-refractivity contribution is 6.04. The quantitative estimate of drug-likeness (QED) is 0.673. The fourth-order valence-corrected chi connectivity index (χ4v) is 2.73. The summed E-state index contributed by atoms with van der Waals surface area (Å²) in [6, 6.07) is -0.316. The molecular formula is C14H24N2O2. The number of hydrogen-bond donors (Lipinski definition) is 0.